The van der Waals surface area contributed by atoms with Crippen LogP contribution in [-0.2, 0) is 23.8 Å². The van der Waals surface area contributed by atoms with E-state index >= 15 is 0 Å². The zero-order valence-corrected chi connectivity index (χ0v) is 55.1. The first kappa shape index (κ1) is 80.2. The summed E-state index contributed by atoms with van der Waals surface area (Å²) in [6.07, 6.45) is 68.9. The molecule has 496 valence electrons. The molecule has 0 bridgehead atoms. The van der Waals surface area contributed by atoms with Gasteiger partial charge in [-0.25, -0.2) is 0 Å². The lowest BCUT2D eigenvalue weighted by Crippen LogP contribution is -2.60. The van der Waals surface area contributed by atoms with Gasteiger partial charge in [-0.05, 0) is 57.8 Å². The number of carbonyl (C=O) groups is 2. The predicted octanol–water partition coefficient (Wildman–Crippen LogP) is 18.8. The normalized spacial score (nSPS) is 18.1. The highest BCUT2D eigenvalue weighted by Gasteiger charge is 2.44. The third-order valence-corrected chi connectivity index (χ3v) is 17.6. The number of allylic oxidation sites excluding steroid dienone is 3. The summed E-state index contributed by atoms with van der Waals surface area (Å²) >= 11 is 0. The van der Waals surface area contributed by atoms with Crippen LogP contribution in [0.5, 0.6) is 0 Å². The van der Waals surface area contributed by atoms with Gasteiger partial charge in [0.25, 0.3) is 0 Å². The number of rotatable bonds is 65. The van der Waals surface area contributed by atoms with E-state index in [0.29, 0.717) is 19.4 Å². The smallest absolute Gasteiger partial charge is 0.305 e. The molecule has 1 amide bonds. The molecular weight excluding hydrogens is 1050 g/mol. The molecular formula is C73H139NO10. The van der Waals surface area contributed by atoms with E-state index in [1.165, 1.54) is 289 Å². The standard InChI is InChI=1S/C73H139NO10/c1-3-5-7-9-11-13-15-36-40-43-47-51-55-59-66(76)65(64-83-73-72(81)71(80)70(79)67(63-75)84-73)74-68(77)60-56-52-48-44-41-37-34-32-30-28-26-24-22-20-18-16-17-19-21-23-25-27-29-31-33-35-38-42-46-50-54-58-62-82-69(78)61-57-53-49-45-39-14-12-10-8-6-4-2/h19,21,55,59,65-67,70-73,75-76,79-81H,3-18,20,22-54,56-58,60-64H2,1-2H3,(H,74,77)/b21-19-,59-55+. The minimum Gasteiger partial charge on any atom is -0.466 e. The van der Waals surface area contributed by atoms with Crippen LogP contribution in [0.15, 0.2) is 24.3 Å². The molecule has 1 saturated heterocycles. The molecule has 0 aromatic rings. The van der Waals surface area contributed by atoms with Gasteiger partial charge in [0.15, 0.2) is 6.29 Å². The van der Waals surface area contributed by atoms with Gasteiger partial charge in [-0.1, -0.05) is 321 Å². The number of aliphatic hydroxyl groups excluding tert-OH is 5. The van der Waals surface area contributed by atoms with Crippen LogP contribution in [-0.4, -0.2) is 100 Å². The third kappa shape index (κ3) is 51.1. The van der Waals surface area contributed by atoms with Crippen molar-refractivity contribution in [1.82, 2.24) is 5.32 Å². The summed E-state index contributed by atoms with van der Waals surface area (Å²) in [7, 11) is 0. The topological polar surface area (TPSA) is 175 Å². The maximum atomic E-state index is 13.1. The third-order valence-electron chi connectivity index (χ3n) is 17.6. The number of carbonyl (C=O) groups excluding carboxylic acids is 2. The van der Waals surface area contributed by atoms with Gasteiger partial charge in [0.2, 0.25) is 5.91 Å². The van der Waals surface area contributed by atoms with Crippen molar-refractivity contribution in [3.63, 3.8) is 0 Å². The summed E-state index contributed by atoms with van der Waals surface area (Å²) < 4.78 is 16.7. The Morgan fingerprint density at radius 1 is 0.429 bits per heavy atom. The molecule has 7 atom stereocenters. The second-order valence-corrected chi connectivity index (χ2v) is 25.7. The molecule has 11 heteroatoms. The van der Waals surface area contributed by atoms with E-state index in [-0.39, 0.29) is 18.5 Å². The predicted molar refractivity (Wildman–Crippen MR) is 352 cm³/mol. The molecule has 0 spiro atoms. The largest absolute Gasteiger partial charge is 0.466 e. The number of ether oxygens (including phenoxy) is 3. The van der Waals surface area contributed by atoms with Gasteiger partial charge in [-0.3, -0.25) is 9.59 Å². The van der Waals surface area contributed by atoms with Crippen LogP contribution in [0.2, 0.25) is 0 Å². The van der Waals surface area contributed by atoms with Crippen molar-refractivity contribution in [2.24, 2.45) is 0 Å². The minimum absolute atomic E-state index is 0.0109. The quantitative estimate of drug-likeness (QED) is 0.0195. The van der Waals surface area contributed by atoms with Crippen molar-refractivity contribution in [1.29, 1.82) is 0 Å². The summed E-state index contributed by atoms with van der Waals surface area (Å²) in [4.78, 5) is 25.1. The fraction of sp³-hybridized carbons (Fsp3) is 0.918. The number of unbranched alkanes of at least 4 members (excludes halogenated alkanes) is 49. The van der Waals surface area contributed by atoms with Crippen LogP contribution in [0, 0.1) is 0 Å². The van der Waals surface area contributed by atoms with Gasteiger partial charge < -0.3 is 45.1 Å². The molecule has 0 radical (unpaired) electrons. The van der Waals surface area contributed by atoms with E-state index in [2.05, 4.69) is 31.3 Å². The lowest BCUT2D eigenvalue weighted by Gasteiger charge is -2.40. The molecule has 1 rings (SSSR count). The first-order valence-corrected chi connectivity index (χ1v) is 36.6. The number of esters is 1. The van der Waals surface area contributed by atoms with E-state index < -0.39 is 49.5 Å². The molecule has 1 aliphatic rings. The SMILES string of the molecule is CCCCCCCCCCCCC/C=C/C(O)C(COC1OC(CO)C(O)C(O)C1O)NC(=O)CCCCCCCCCCCCCCCCCC/C=C\CCCCCCCCCCCCCCOC(=O)CCCCCCCCCCCCC. The van der Waals surface area contributed by atoms with Crippen LogP contribution < -0.4 is 5.32 Å². The number of hydrogen-bond donors (Lipinski definition) is 6. The van der Waals surface area contributed by atoms with Gasteiger partial charge in [-0.2, -0.15) is 0 Å². The second kappa shape index (κ2) is 62.7. The number of amides is 1. The molecule has 1 fully saturated rings. The molecule has 0 aliphatic carbocycles. The van der Waals surface area contributed by atoms with Crippen LogP contribution in [0.4, 0.5) is 0 Å². The molecule has 1 heterocycles. The van der Waals surface area contributed by atoms with Gasteiger partial charge in [-0.15, -0.1) is 0 Å². The fourth-order valence-corrected chi connectivity index (χ4v) is 11.8. The van der Waals surface area contributed by atoms with Crippen LogP contribution in [0.25, 0.3) is 0 Å². The Labute approximate surface area is 518 Å². The van der Waals surface area contributed by atoms with E-state index in [1.54, 1.807) is 6.08 Å². The van der Waals surface area contributed by atoms with Crippen LogP contribution >= 0.6 is 0 Å². The first-order chi connectivity index (χ1) is 41.2. The van der Waals surface area contributed by atoms with Crippen molar-refractivity contribution < 1.29 is 49.3 Å². The monoisotopic (exact) mass is 1190 g/mol. The average molecular weight is 1190 g/mol. The first-order valence-electron chi connectivity index (χ1n) is 36.6. The van der Waals surface area contributed by atoms with Crippen molar-refractivity contribution in [3.8, 4) is 0 Å². The zero-order valence-electron chi connectivity index (χ0n) is 55.1. The number of hydrogen-bond acceptors (Lipinski definition) is 10. The Hall–Kier alpha value is -1.86. The Bertz CT molecular complexity index is 1440. The summed E-state index contributed by atoms with van der Waals surface area (Å²) in [6, 6.07) is -0.807. The second-order valence-electron chi connectivity index (χ2n) is 25.7. The lowest BCUT2D eigenvalue weighted by atomic mass is 9.99. The molecule has 84 heavy (non-hydrogen) atoms. The molecule has 0 saturated carbocycles. The van der Waals surface area contributed by atoms with E-state index in [1.807, 2.05) is 6.08 Å². The van der Waals surface area contributed by atoms with Crippen molar-refractivity contribution in [2.45, 2.75) is 410 Å². The zero-order chi connectivity index (χ0) is 60.9. The summed E-state index contributed by atoms with van der Waals surface area (Å²) in [5.41, 5.74) is 0. The molecule has 0 aromatic carbocycles. The Morgan fingerprint density at radius 2 is 0.762 bits per heavy atom. The Morgan fingerprint density at radius 3 is 1.14 bits per heavy atom. The Kier molecular flexibility index (Phi) is 59.9. The summed E-state index contributed by atoms with van der Waals surface area (Å²) in [5.74, 6) is -0.166. The van der Waals surface area contributed by atoms with Gasteiger partial charge in [0, 0.05) is 12.8 Å². The van der Waals surface area contributed by atoms with E-state index in [4.69, 9.17) is 14.2 Å². The average Bonchev–Trinajstić information content (AvgIpc) is 3.69. The van der Waals surface area contributed by atoms with Crippen LogP contribution in [0.1, 0.15) is 367 Å². The van der Waals surface area contributed by atoms with Gasteiger partial charge >= 0.3 is 5.97 Å². The lowest BCUT2D eigenvalue weighted by molar-refractivity contribution is -0.302. The van der Waals surface area contributed by atoms with Gasteiger partial charge in [0.05, 0.1) is 32.0 Å². The fourth-order valence-electron chi connectivity index (χ4n) is 11.8. The minimum atomic E-state index is -1.57. The van der Waals surface area contributed by atoms with Crippen molar-refractivity contribution in [2.75, 3.05) is 19.8 Å². The molecule has 6 N–H and O–H groups in total. The van der Waals surface area contributed by atoms with Crippen molar-refractivity contribution >= 4 is 11.9 Å². The summed E-state index contributed by atoms with van der Waals surface area (Å²) in [6.45, 7) is 4.38. The molecule has 0 aromatic heterocycles. The maximum Gasteiger partial charge on any atom is 0.305 e. The highest BCUT2D eigenvalue weighted by molar-refractivity contribution is 5.76. The molecule has 11 nitrogen and oxygen atoms in total. The van der Waals surface area contributed by atoms with E-state index in [0.717, 1.165) is 51.4 Å². The molecule has 1 aliphatic heterocycles. The Balaban J connectivity index is 1.95. The number of aliphatic hydroxyl groups is 5. The highest BCUT2D eigenvalue weighted by atomic mass is 16.7. The van der Waals surface area contributed by atoms with Crippen molar-refractivity contribution in [3.05, 3.63) is 24.3 Å². The van der Waals surface area contributed by atoms with Gasteiger partial charge in [0.1, 0.15) is 24.4 Å². The maximum absolute atomic E-state index is 13.1. The van der Waals surface area contributed by atoms with Crippen LogP contribution in [0.3, 0.4) is 0 Å². The number of nitrogens with one attached hydrogen (secondary N) is 1. The molecule has 7 unspecified atom stereocenters. The summed E-state index contributed by atoms with van der Waals surface area (Å²) in [5, 5.41) is 54.5. The van der Waals surface area contributed by atoms with E-state index in [9.17, 15) is 35.1 Å². The highest BCUT2D eigenvalue weighted by Crippen LogP contribution is 2.23.